The van der Waals surface area contributed by atoms with E-state index in [-0.39, 0.29) is 18.4 Å². The van der Waals surface area contributed by atoms with Crippen LogP contribution in [0.4, 0.5) is 4.39 Å². The van der Waals surface area contributed by atoms with Gasteiger partial charge in [0.1, 0.15) is 5.82 Å². The number of nitrogens with zero attached hydrogens (tertiary/aromatic N) is 1. The second-order valence-electron chi connectivity index (χ2n) is 2.64. The second kappa shape index (κ2) is 4.80. The molecule has 0 radical (unpaired) electrons. The first-order valence-corrected chi connectivity index (χ1v) is 3.60. The summed E-state index contributed by atoms with van der Waals surface area (Å²) in [5.41, 5.74) is 6.24. The fourth-order valence-electron chi connectivity index (χ4n) is 0.966. The highest BCUT2D eigenvalue weighted by Gasteiger charge is 2.06. The zero-order valence-corrected chi connectivity index (χ0v) is 7.94. The number of hydrogen-bond donors (Lipinski definition) is 1. The van der Waals surface area contributed by atoms with E-state index in [1.807, 2.05) is 6.07 Å². The van der Waals surface area contributed by atoms with Gasteiger partial charge in [-0.05, 0) is 19.1 Å². The van der Waals surface area contributed by atoms with E-state index in [9.17, 15) is 4.39 Å². The van der Waals surface area contributed by atoms with Crippen molar-refractivity contribution in [3.05, 3.63) is 35.1 Å². The lowest BCUT2D eigenvalue weighted by Crippen LogP contribution is -2.07. The number of nitriles is 1. The van der Waals surface area contributed by atoms with Gasteiger partial charge in [0, 0.05) is 11.6 Å². The van der Waals surface area contributed by atoms with E-state index in [4.69, 9.17) is 11.0 Å². The van der Waals surface area contributed by atoms with Crippen LogP contribution in [-0.4, -0.2) is 0 Å². The molecule has 0 amide bonds. The van der Waals surface area contributed by atoms with Gasteiger partial charge >= 0.3 is 0 Å². The monoisotopic (exact) mass is 200 g/mol. The van der Waals surface area contributed by atoms with Crippen LogP contribution in [0.15, 0.2) is 18.2 Å². The molecule has 0 saturated carbocycles. The summed E-state index contributed by atoms with van der Waals surface area (Å²) in [4.78, 5) is 0. The molecule has 0 bridgehead atoms. The van der Waals surface area contributed by atoms with Crippen LogP contribution in [0.25, 0.3) is 0 Å². The van der Waals surface area contributed by atoms with Crippen molar-refractivity contribution in [2.24, 2.45) is 5.73 Å². The van der Waals surface area contributed by atoms with Crippen LogP contribution in [-0.2, 0) is 0 Å². The Balaban J connectivity index is 0.00000144. The zero-order valence-electron chi connectivity index (χ0n) is 7.12. The summed E-state index contributed by atoms with van der Waals surface area (Å²) < 4.78 is 13.1. The molecule has 0 aliphatic heterocycles. The summed E-state index contributed by atoms with van der Waals surface area (Å²) in [6.07, 6.45) is 0. The van der Waals surface area contributed by atoms with Crippen molar-refractivity contribution >= 4 is 12.4 Å². The molecule has 4 heteroatoms. The Kier molecular flexibility index (Phi) is 4.39. The Morgan fingerprint density at radius 1 is 1.54 bits per heavy atom. The minimum absolute atomic E-state index is 0. The van der Waals surface area contributed by atoms with Crippen LogP contribution in [0.2, 0.25) is 0 Å². The van der Waals surface area contributed by atoms with Gasteiger partial charge in [-0.1, -0.05) is 6.07 Å². The van der Waals surface area contributed by atoms with Crippen molar-refractivity contribution in [3.8, 4) is 6.07 Å². The number of benzene rings is 1. The second-order valence-corrected chi connectivity index (χ2v) is 2.64. The molecule has 0 spiro atoms. The van der Waals surface area contributed by atoms with E-state index in [1.54, 1.807) is 19.1 Å². The third-order valence-corrected chi connectivity index (χ3v) is 1.62. The molecule has 70 valence electrons. The number of halogens is 2. The van der Waals surface area contributed by atoms with Crippen molar-refractivity contribution in [2.75, 3.05) is 0 Å². The van der Waals surface area contributed by atoms with Gasteiger partial charge in [-0.15, -0.1) is 12.4 Å². The summed E-state index contributed by atoms with van der Waals surface area (Å²) in [5, 5.41) is 8.44. The van der Waals surface area contributed by atoms with Crippen molar-refractivity contribution in [2.45, 2.75) is 13.0 Å². The van der Waals surface area contributed by atoms with Gasteiger partial charge in [0.2, 0.25) is 0 Å². The Morgan fingerprint density at radius 3 is 2.54 bits per heavy atom. The van der Waals surface area contributed by atoms with Gasteiger partial charge in [-0.3, -0.25) is 0 Å². The first-order chi connectivity index (χ1) is 5.65. The van der Waals surface area contributed by atoms with Gasteiger partial charge in [0.05, 0.1) is 11.6 Å². The Labute approximate surface area is 82.6 Å². The lowest BCUT2D eigenvalue weighted by molar-refractivity contribution is 0.593. The third kappa shape index (κ3) is 2.69. The van der Waals surface area contributed by atoms with Gasteiger partial charge < -0.3 is 5.73 Å². The van der Waals surface area contributed by atoms with Crippen LogP contribution in [0, 0.1) is 17.1 Å². The van der Waals surface area contributed by atoms with Gasteiger partial charge in [0.25, 0.3) is 0 Å². The summed E-state index contributed by atoms with van der Waals surface area (Å²) in [5.74, 6) is -0.413. The average Bonchev–Trinajstić information content (AvgIpc) is 2.03. The van der Waals surface area contributed by atoms with Gasteiger partial charge in [-0.2, -0.15) is 5.26 Å². The number of nitrogens with two attached hydrogens (primary N) is 1. The highest BCUT2D eigenvalue weighted by molar-refractivity contribution is 5.85. The molecular formula is C9H10ClFN2. The standard InChI is InChI=1S/C9H9FN2.ClH/c1-6(12)8-3-2-7(5-11)4-9(8)10;/h2-4,6H,12H2,1H3;1H. The quantitative estimate of drug-likeness (QED) is 0.755. The highest BCUT2D eigenvalue weighted by Crippen LogP contribution is 2.15. The lowest BCUT2D eigenvalue weighted by atomic mass is 10.1. The maximum atomic E-state index is 13.1. The largest absolute Gasteiger partial charge is 0.324 e. The minimum Gasteiger partial charge on any atom is -0.324 e. The third-order valence-electron chi connectivity index (χ3n) is 1.62. The molecule has 1 rings (SSSR count). The van der Waals surface area contributed by atoms with Gasteiger partial charge in [-0.25, -0.2) is 4.39 Å². The zero-order chi connectivity index (χ0) is 9.14. The van der Waals surface area contributed by atoms with E-state index in [0.29, 0.717) is 11.1 Å². The van der Waals surface area contributed by atoms with Crippen molar-refractivity contribution in [1.29, 1.82) is 5.26 Å². The molecule has 2 nitrogen and oxygen atoms in total. The van der Waals surface area contributed by atoms with Crippen LogP contribution >= 0.6 is 12.4 Å². The maximum absolute atomic E-state index is 13.1. The van der Waals surface area contributed by atoms with Crippen LogP contribution in [0.3, 0.4) is 0 Å². The normalized spacial score (nSPS) is 11.2. The smallest absolute Gasteiger partial charge is 0.129 e. The molecule has 1 aromatic rings. The average molecular weight is 201 g/mol. The SMILES string of the molecule is CC(N)c1ccc(C#N)cc1F.Cl. The predicted molar refractivity (Wildman–Crippen MR) is 51.0 cm³/mol. The molecule has 2 N–H and O–H groups in total. The molecule has 13 heavy (non-hydrogen) atoms. The van der Waals surface area contributed by atoms with E-state index in [2.05, 4.69) is 0 Å². The fourth-order valence-corrected chi connectivity index (χ4v) is 0.966. The number of rotatable bonds is 1. The topological polar surface area (TPSA) is 49.8 Å². The number of hydrogen-bond acceptors (Lipinski definition) is 2. The first-order valence-electron chi connectivity index (χ1n) is 3.60. The van der Waals surface area contributed by atoms with E-state index in [1.165, 1.54) is 6.07 Å². The lowest BCUT2D eigenvalue weighted by Gasteiger charge is -2.05. The van der Waals surface area contributed by atoms with E-state index < -0.39 is 5.82 Å². The molecule has 1 atom stereocenters. The molecule has 0 heterocycles. The first kappa shape index (κ1) is 11.9. The van der Waals surface area contributed by atoms with Crippen molar-refractivity contribution in [3.63, 3.8) is 0 Å². The van der Waals surface area contributed by atoms with Crippen LogP contribution in [0.5, 0.6) is 0 Å². The highest BCUT2D eigenvalue weighted by atomic mass is 35.5. The molecule has 1 aromatic carbocycles. The fraction of sp³-hybridized carbons (Fsp3) is 0.222. The summed E-state index contributed by atoms with van der Waals surface area (Å²) in [6, 6.07) is 5.81. The maximum Gasteiger partial charge on any atom is 0.129 e. The Bertz CT molecular complexity index is 331. The van der Waals surface area contributed by atoms with Crippen LogP contribution in [0.1, 0.15) is 24.1 Å². The molecular weight excluding hydrogens is 191 g/mol. The van der Waals surface area contributed by atoms with E-state index >= 15 is 0 Å². The van der Waals surface area contributed by atoms with Crippen LogP contribution < -0.4 is 5.73 Å². The summed E-state index contributed by atoms with van der Waals surface area (Å²) >= 11 is 0. The van der Waals surface area contributed by atoms with E-state index in [0.717, 1.165) is 0 Å². The Hall–Kier alpha value is -1.11. The van der Waals surface area contributed by atoms with Crippen molar-refractivity contribution < 1.29 is 4.39 Å². The molecule has 0 saturated heterocycles. The molecule has 0 aliphatic carbocycles. The van der Waals surface area contributed by atoms with Crippen molar-refractivity contribution in [1.82, 2.24) is 0 Å². The predicted octanol–water partition coefficient (Wildman–Crippen LogP) is 2.14. The summed E-state index contributed by atoms with van der Waals surface area (Å²) in [6.45, 7) is 1.70. The molecule has 0 aromatic heterocycles. The Morgan fingerprint density at radius 2 is 2.15 bits per heavy atom. The molecule has 1 unspecified atom stereocenters. The minimum atomic E-state index is -0.413. The van der Waals surface area contributed by atoms with Gasteiger partial charge in [0.15, 0.2) is 0 Å². The molecule has 0 fully saturated rings. The molecule has 0 aliphatic rings. The summed E-state index contributed by atoms with van der Waals surface area (Å²) in [7, 11) is 0.